The summed E-state index contributed by atoms with van der Waals surface area (Å²) in [6.45, 7) is 5.94. The first-order chi connectivity index (χ1) is 11.6. The van der Waals surface area contributed by atoms with Crippen LogP contribution in [0.3, 0.4) is 0 Å². The van der Waals surface area contributed by atoms with Crippen LogP contribution >= 0.6 is 0 Å². The smallest absolute Gasteiger partial charge is 0.242 e. The third-order valence-corrected chi connectivity index (χ3v) is 4.51. The van der Waals surface area contributed by atoms with Crippen LogP contribution in [0, 0.1) is 5.92 Å². The van der Waals surface area contributed by atoms with Crippen molar-refractivity contribution < 1.29 is 9.59 Å². The zero-order valence-corrected chi connectivity index (χ0v) is 14.3. The molecule has 1 fully saturated rings. The summed E-state index contributed by atoms with van der Waals surface area (Å²) in [5, 5.41) is 2.95. The highest BCUT2D eigenvalue weighted by Crippen LogP contribution is 2.28. The van der Waals surface area contributed by atoms with Crippen LogP contribution in [0.2, 0.25) is 0 Å². The number of imidazole rings is 1. The molecule has 1 aliphatic rings. The molecule has 0 unspecified atom stereocenters. The quantitative estimate of drug-likeness (QED) is 0.844. The van der Waals surface area contributed by atoms with Crippen molar-refractivity contribution in [3.05, 3.63) is 30.1 Å². The van der Waals surface area contributed by atoms with E-state index in [1.165, 1.54) is 0 Å². The molecule has 128 valence electrons. The number of hydrogen-bond donors (Lipinski definition) is 1. The molecule has 3 rings (SSSR count). The summed E-state index contributed by atoms with van der Waals surface area (Å²) in [5.74, 6) is 1.05. The molecular weight excluding hydrogens is 304 g/mol. The summed E-state index contributed by atoms with van der Waals surface area (Å²) < 4.78 is 1.92. The predicted molar refractivity (Wildman–Crippen MR) is 92.2 cm³/mol. The summed E-state index contributed by atoms with van der Waals surface area (Å²) in [7, 11) is 0. The zero-order chi connectivity index (χ0) is 17.1. The molecule has 0 spiro atoms. The molecule has 1 aromatic carbocycles. The van der Waals surface area contributed by atoms with Crippen molar-refractivity contribution in [2.45, 2.75) is 39.8 Å². The van der Waals surface area contributed by atoms with E-state index in [2.05, 4.69) is 10.3 Å². The van der Waals surface area contributed by atoms with Gasteiger partial charge in [-0.25, -0.2) is 4.98 Å². The lowest BCUT2D eigenvalue weighted by atomic mass is 10.3. The SMILES string of the molecule is CCN(CC)C(=O)Cn1c(CNC(=O)C2CC2)nc2ccccc21. The molecule has 1 saturated carbocycles. The second-order valence-electron chi connectivity index (χ2n) is 6.16. The van der Waals surface area contributed by atoms with Crippen molar-refractivity contribution in [3.8, 4) is 0 Å². The van der Waals surface area contributed by atoms with Crippen molar-refractivity contribution in [1.29, 1.82) is 0 Å². The van der Waals surface area contributed by atoms with E-state index >= 15 is 0 Å². The fraction of sp³-hybridized carbons (Fsp3) is 0.500. The maximum Gasteiger partial charge on any atom is 0.242 e. The number of rotatable bonds is 7. The highest BCUT2D eigenvalue weighted by atomic mass is 16.2. The van der Waals surface area contributed by atoms with Crippen molar-refractivity contribution in [2.75, 3.05) is 13.1 Å². The molecular formula is C18H24N4O2. The number of para-hydroxylation sites is 2. The number of carbonyl (C=O) groups excluding carboxylic acids is 2. The molecule has 6 nitrogen and oxygen atoms in total. The van der Waals surface area contributed by atoms with Gasteiger partial charge in [0, 0.05) is 19.0 Å². The minimum absolute atomic E-state index is 0.0675. The topological polar surface area (TPSA) is 67.2 Å². The Kier molecular flexibility index (Phi) is 4.83. The lowest BCUT2D eigenvalue weighted by Crippen LogP contribution is -2.34. The Bertz CT molecular complexity index is 745. The number of carbonyl (C=O) groups is 2. The Labute approximate surface area is 141 Å². The Hall–Kier alpha value is -2.37. The molecule has 6 heteroatoms. The number of nitrogens with zero attached hydrogens (tertiary/aromatic N) is 3. The average Bonchev–Trinajstić information content (AvgIpc) is 3.38. The van der Waals surface area contributed by atoms with Crippen molar-refractivity contribution in [3.63, 3.8) is 0 Å². The van der Waals surface area contributed by atoms with Gasteiger partial charge in [-0.2, -0.15) is 0 Å². The number of nitrogens with one attached hydrogen (secondary N) is 1. The number of benzene rings is 1. The van der Waals surface area contributed by atoms with E-state index < -0.39 is 0 Å². The van der Waals surface area contributed by atoms with Crippen LogP contribution in [0.4, 0.5) is 0 Å². The van der Waals surface area contributed by atoms with Crippen LogP contribution in [0.15, 0.2) is 24.3 Å². The van der Waals surface area contributed by atoms with Crippen molar-refractivity contribution in [1.82, 2.24) is 19.8 Å². The van der Waals surface area contributed by atoms with Gasteiger partial charge in [0.1, 0.15) is 12.4 Å². The van der Waals surface area contributed by atoms with E-state index in [-0.39, 0.29) is 24.3 Å². The van der Waals surface area contributed by atoms with Gasteiger partial charge in [0.05, 0.1) is 17.6 Å². The van der Waals surface area contributed by atoms with Gasteiger partial charge in [0.25, 0.3) is 0 Å². The van der Waals surface area contributed by atoms with Gasteiger partial charge < -0.3 is 14.8 Å². The first-order valence-electron chi connectivity index (χ1n) is 8.63. The minimum atomic E-state index is 0.0675. The van der Waals surface area contributed by atoms with Crippen LogP contribution < -0.4 is 5.32 Å². The predicted octanol–water partition coefficient (Wildman–Crippen LogP) is 1.93. The van der Waals surface area contributed by atoms with Crippen LogP contribution in [-0.2, 0) is 22.7 Å². The van der Waals surface area contributed by atoms with Crippen LogP contribution in [0.1, 0.15) is 32.5 Å². The lowest BCUT2D eigenvalue weighted by molar-refractivity contribution is -0.131. The lowest BCUT2D eigenvalue weighted by Gasteiger charge is -2.20. The number of hydrogen-bond acceptors (Lipinski definition) is 3. The Balaban J connectivity index is 1.84. The highest BCUT2D eigenvalue weighted by Gasteiger charge is 2.29. The second kappa shape index (κ2) is 7.03. The Morgan fingerprint density at radius 2 is 1.96 bits per heavy atom. The van der Waals surface area contributed by atoms with Crippen molar-refractivity contribution in [2.24, 2.45) is 5.92 Å². The molecule has 1 aliphatic carbocycles. The number of likely N-dealkylation sites (N-methyl/N-ethyl adjacent to an activating group) is 1. The standard InChI is InChI=1S/C18H24N4O2/c1-3-21(4-2)17(23)12-22-15-8-6-5-7-14(15)20-16(22)11-19-18(24)13-9-10-13/h5-8,13H,3-4,9-12H2,1-2H3,(H,19,24). The molecule has 24 heavy (non-hydrogen) atoms. The summed E-state index contributed by atoms with van der Waals surface area (Å²) in [6.07, 6.45) is 1.95. The summed E-state index contributed by atoms with van der Waals surface area (Å²) >= 11 is 0. The van der Waals surface area contributed by atoms with E-state index in [0.717, 1.165) is 29.7 Å². The molecule has 0 radical (unpaired) electrons. The van der Waals surface area contributed by atoms with Gasteiger partial charge in [0.15, 0.2) is 0 Å². The maximum atomic E-state index is 12.5. The van der Waals surface area contributed by atoms with Crippen LogP contribution in [-0.4, -0.2) is 39.4 Å². The first kappa shape index (κ1) is 16.5. The van der Waals surface area contributed by atoms with Gasteiger partial charge >= 0.3 is 0 Å². The van der Waals surface area contributed by atoms with E-state index in [1.807, 2.05) is 42.7 Å². The largest absolute Gasteiger partial charge is 0.349 e. The molecule has 0 atom stereocenters. The summed E-state index contributed by atoms with van der Waals surface area (Å²) in [5.41, 5.74) is 1.77. The highest BCUT2D eigenvalue weighted by molar-refractivity contribution is 5.82. The van der Waals surface area contributed by atoms with Gasteiger partial charge in [-0.3, -0.25) is 9.59 Å². The van der Waals surface area contributed by atoms with E-state index in [9.17, 15) is 9.59 Å². The zero-order valence-electron chi connectivity index (χ0n) is 14.3. The fourth-order valence-corrected chi connectivity index (χ4v) is 2.90. The van der Waals surface area contributed by atoms with Gasteiger partial charge in [-0.05, 0) is 38.8 Å². The molecule has 0 saturated heterocycles. The number of amides is 2. The van der Waals surface area contributed by atoms with Gasteiger partial charge in [-0.1, -0.05) is 12.1 Å². The number of fused-ring (bicyclic) bond motifs is 1. The average molecular weight is 328 g/mol. The summed E-state index contributed by atoms with van der Waals surface area (Å²) in [6, 6.07) is 7.76. The monoisotopic (exact) mass is 328 g/mol. The normalized spacial score (nSPS) is 13.9. The number of aromatic nitrogens is 2. The van der Waals surface area contributed by atoms with E-state index in [1.54, 1.807) is 4.90 Å². The van der Waals surface area contributed by atoms with Crippen LogP contribution in [0.5, 0.6) is 0 Å². The van der Waals surface area contributed by atoms with Crippen LogP contribution in [0.25, 0.3) is 11.0 Å². The fourth-order valence-electron chi connectivity index (χ4n) is 2.90. The second-order valence-corrected chi connectivity index (χ2v) is 6.16. The molecule has 1 heterocycles. The molecule has 2 amide bonds. The molecule has 1 aromatic heterocycles. The molecule has 1 N–H and O–H groups in total. The Morgan fingerprint density at radius 1 is 1.25 bits per heavy atom. The van der Waals surface area contributed by atoms with Crippen molar-refractivity contribution >= 4 is 22.8 Å². The first-order valence-corrected chi connectivity index (χ1v) is 8.63. The van der Waals surface area contributed by atoms with E-state index in [0.29, 0.717) is 19.6 Å². The van der Waals surface area contributed by atoms with E-state index in [4.69, 9.17) is 0 Å². The third kappa shape index (κ3) is 3.42. The minimum Gasteiger partial charge on any atom is -0.349 e. The molecule has 0 bridgehead atoms. The van der Waals surface area contributed by atoms with Gasteiger partial charge in [-0.15, -0.1) is 0 Å². The third-order valence-electron chi connectivity index (χ3n) is 4.51. The summed E-state index contributed by atoms with van der Waals surface area (Å²) in [4.78, 5) is 30.8. The molecule has 0 aliphatic heterocycles. The Morgan fingerprint density at radius 3 is 2.62 bits per heavy atom. The van der Waals surface area contributed by atoms with Gasteiger partial charge in [0.2, 0.25) is 11.8 Å². The maximum absolute atomic E-state index is 12.5. The molecule has 2 aromatic rings.